The molecule has 116 valence electrons. The first kappa shape index (κ1) is 14.9. The number of rotatable bonds is 5. The second-order valence-electron chi connectivity index (χ2n) is 6.04. The third-order valence-corrected chi connectivity index (χ3v) is 4.43. The summed E-state index contributed by atoms with van der Waals surface area (Å²) in [4.78, 5) is 11.8. The van der Waals surface area contributed by atoms with Gasteiger partial charge in [0.2, 0.25) is 0 Å². The number of carbonyl (C=O) groups excluding carboxylic acids is 1. The van der Waals surface area contributed by atoms with Crippen LogP contribution in [0.1, 0.15) is 50.7 Å². The number of allylic oxidation sites excluding steroid dienone is 2. The van der Waals surface area contributed by atoms with Crippen molar-refractivity contribution in [1.82, 2.24) is 0 Å². The molecule has 1 unspecified atom stereocenters. The summed E-state index contributed by atoms with van der Waals surface area (Å²) in [5.74, 6) is 2.44. The Labute approximate surface area is 131 Å². The van der Waals surface area contributed by atoms with Crippen molar-refractivity contribution in [3.63, 3.8) is 0 Å². The summed E-state index contributed by atoms with van der Waals surface area (Å²) in [6, 6.07) is 7.92. The zero-order chi connectivity index (χ0) is 15.5. The third-order valence-electron chi connectivity index (χ3n) is 4.43. The van der Waals surface area contributed by atoms with E-state index in [0.29, 0.717) is 18.1 Å². The van der Waals surface area contributed by atoms with Gasteiger partial charge in [-0.1, -0.05) is 13.0 Å². The van der Waals surface area contributed by atoms with E-state index in [4.69, 9.17) is 9.15 Å². The van der Waals surface area contributed by atoms with E-state index >= 15 is 0 Å². The topological polar surface area (TPSA) is 39.4 Å². The second-order valence-corrected chi connectivity index (χ2v) is 6.04. The quantitative estimate of drug-likeness (QED) is 0.779. The van der Waals surface area contributed by atoms with Crippen LogP contribution < -0.4 is 4.74 Å². The fraction of sp³-hybridized carbons (Fsp3) is 0.421. The van der Waals surface area contributed by atoms with E-state index in [-0.39, 0.29) is 0 Å². The SMILES string of the molecule is COc1ccc2oc(C(C)CCC3=CCCCC3=O)cc2c1. The zero-order valence-electron chi connectivity index (χ0n) is 13.2. The highest BCUT2D eigenvalue weighted by Crippen LogP contribution is 2.31. The van der Waals surface area contributed by atoms with Gasteiger partial charge in [-0.05, 0) is 55.5 Å². The van der Waals surface area contributed by atoms with Crippen LogP contribution in [-0.2, 0) is 4.79 Å². The van der Waals surface area contributed by atoms with Crippen molar-refractivity contribution in [3.8, 4) is 5.75 Å². The molecule has 0 spiro atoms. The molecule has 0 aliphatic heterocycles. The fourth-order valence-electron chi connectivity index (χ4n) is 2.98. The highest BCUT2D eigenvalue weighted by atomic mass is 16.5. The van der Waals surface area contributed by atoms with Gasteiger partial charge >= 0.3 is 0 Å². The number of ketones is 1. The molecule has 22 heavy (non-hydrogen) atoms. The highest BCUT2D eigenvalue weighted by molar-refractivity contribution is 5.95. The van der Waals surface area contributed by atoms with Crippen molar-refractivity contribution >= 4 is 16.8 Å². The summed E-state index contributed by atoms with van der Waals surface area (Å²) in [6.07, 6.45) is 6.66. The van der Waals surface area contributed by atoms with Crippen molar-refractivity contribution in [2.45, 2.75) is 44.9 Å². The van der Waals surface area contributed by atoms with Gasteiger partial charge in [0, 0.05) is 17.7 Å². The summed E-state index contributed by atoms with van der Waals surface area (Å²) in [5, 5.41) is 1.06. The molecule has 1 aromatic carbocycles. The molecule has 3 heteroatoms. The molecule has 0 fully saturated rings. The molecule has 1 atom stereocenters. The zero-order valence-corrected chi connectivity index (χ0v) is 13.2. The van der Waals surface area contributed by atoms with Gasteiger partial charge in [-0.3, -0.25) is 4.79 Å². The van der Waals surface area contributed by atoms with Gasteiger partial charge in [-0.15, -0.1) is 0 Å². The number of hydrogen-bond donors (Lipinski definition) is 0. The minimum Gasteiger partial charge on any atom is -0.497 e. The van der Waals surface area contributed by atoms with Crippen LogP contribution in [0, 0.1) is 0 Å². The van der Waals surface area contributed by atoms with E-state index < -0.39 is 0 Å². The van der Waals surface area contributed by atoms with Crippen LogP contribution in [-0.4, -0.2) is 12.9 Å². The van der Waals surface area contributed by atoms with Crippen LogP contribution in [0.3, 0.4) is 0 Å². The monoisotopic (exact) mass is 298 g/mol. The number of fused-ring (bicyclic) bond motifs is 1. The Balaban J connectivity index is 1.70. The number of Topliss-reactive ketones (excluding diaryl/α,β-unsaturated/α-hetero) is 1. The van der Waals surface area contributed by atoms with E-state index in [0.717, 1.165) is 53.7 Å². The Kier molecular flexibility index (Phi) is 4.32. The minimum absolute atomic E-state index is 0.300. The molecule has 1 aliphatic carbocycles. The molecule has 0 saturated carbocycles. The predicted molar refractivity (Wildman–Crippen MR) is 87.4 cm³/mol. The Morgan fingerprint density at radius 2 is 2.18 bits per heavy atom. The van der Waals surface area contributed by atoms with E-state index in [9.17, 15) is 4.79 Å². The van der Waals surface area contributed by atoms with E-state index in [1.165, 1.54) is 0 Å². The normalized spacial score (nSPS) is 16.6. The molecule has 1 aromatic heterocycles. The van der Waals surface area contributed by atoms with Crippen LogP contribution in [0.5, 0.6) is 5.75 Å². The van der Waals surface area contributed by atoms with Crippen molar-refractivity contribution < 1.29 is 13.9 Å². The van der Waals surface area contributed by atoms with Gasteiger partial charge in [0.1, 0.15) is 17.1 Å². The lowest BCUT2D eigenvalue weighted by Crippen LogP contribution is -2.08. The van der Waals surface area contributed by atoms with Gasteiger partial charge in [0.15, 0.2) is 5.78 Å². The summed E-state index contributed by atoms with van der Waals surface area (Å²) in [6.45, 7) is 2.16. The molecule has 0 N–H and O–H groups in total. The molecule has 3 rings (SSSR count). The predicted octanol–water partition coefficient (Wildman–Crippen LogP) is 5.00. The number of ether oxygens (including phenoxy) is 1. The van der Waals surface area contributed by atoms with Crippen LogP contribution in [0.25, 0.3) is 11.0 Å². The molecule has 0 amide bonds. The average Bonchev–Trinajstić information content (AvgIpc) is 2.96. The number of methoxy groups -OCH3 is 1. The molecule has 0 radical (unpaired) electrons. The molecule has 2 aromatic rings. The molecule has 0 saturated heterocycles. The highest BCUT2D eigenvalue weighted by Gasteiger charge is 2.17. The minimum atomic E-state index is 0.300. The Morgan fingerprint density at radius 1 is 1.32 bits per heavy atom. The Bertz CT molecular complexity index is 709. The summed E-state index contributed by atoms with van der Waals surface area (Å²) in [5.41, 5.74) is 1.89. The third kappa shape index (κ3) is 3.08. The molecule has 3 nitrogen and oxygen atoms in total. The lowest BCUT2D eigenvalue weighted by molar-refractivity contribution is -0.116. The maximum Gasteiger partial charge on any atom is 0.158 e. The first-order valence-corrected chi connectivity index (χ1v) is 7.97. The maximum absolute atomic E-state index is 11.8. The molecule has 1 aliphatic rings. The standard InChI is InChI=1S/C19H22O3/c1-13(7-8-14-5-3-4-6-17(14)20)19-12-15-11-16(21-2)9-10-18(15)22-19/h5,9-13H,3-4,6-8H2,1-2H3. The van der Waals surface area contributed by atoms with E-state index in [1.807, 2.05) is 18.2 Å². The van der Waals surface area contributed by atoms with Crippen LogP contribution >= 0.6 is 0 Å². The van der Waals surface area contributed by atoms with Gasteiger partial charge in [-0.25, -0.2) is 0 Å². The number of hydrogen-bond acceptors (Lipinski definition) is 3. The van der Waals surface area contributed by atoms with E-state index in [1.54, 1.807) is 7.11 Å². The second kappa shape index (κ2) is 6.39. The van der Waals surface area contributed by atoms with Gasteiger partial charge in [0.25, 0.3) is 0 Å². The lowest BCUT2D eigenvalue weighted by Gasteiger charge is -2.13. The number of furan rings is 1. The molecular formula is C19H22O3. The summed E-state index contributed by atoms with van der Waals surface area (Å²) >= 11 is 0. The summed E-state index contributed by atoms with van der Waals surface area (Å²) in [7, 11) is 1.67. The van der Waals surface area contributed by atoms with Gasteiger partial charge in [0.05, 0.1) is 7.11 Å². The largest absolute Gasteiger partial charge is 0.497 e. The molecular weight excluding hydrogens is 276 g/mol. The number of carbonyl (C=O) groups is 1. The smallest absolute Gasteiger partial charge is 0.158 e. The van der Waals surface area contributed by atoms with Crippen molar-refractivity contribution in [2.24, 2.45) is 0 Å². The molecule has 0 bridgehead atoms. The van der Waals surface area contributed by atoms with E-state index in [2.05, 4.69) is 19.1 Å². The van der Waals surface area contributed by atoms with Crippen molar-refractivity contribution in [3.05, 3.63) is 41.7 Å². The number of benzene rings is 1. The molecule has 1 heterocycles. The van der Waals surface area contributed by atoms with Crippen LogP contribution in [0.15, 0.2) is 40.3 Å². The Morgan fingerprint density at radius 3 is 2.95 bits per heavy atom. The fourth-order valence-corrected chi connectivity index (χ4v) is 2.98. The lowest BCUT2D eigenvalue weighted by atomic mass is 9.91. The first-order chi connectivity index (χ1) is 10.7. The average molecular weight is 298 g/mol. The first-order valence-electron chi connectivity index (χ1n) is 7.97. The maximum atomic E-state index is 11.8. The summed E-state index contributed by atoms with van der Waals surface area (Å²) < 4.78 is 11.2. The van der Waals surface area contributed by atoms with Gasteiger partial charge < -0.3 is 9.15 Å². The van der Waals surface area contributed by atoms with Crippen molar-refractivity contribution in [2.75, 3.05) is 7.11 Å². The van der Waals surface area contributed by atoms with Crippen molar-refractivity contribution in [1.29, 1.82) is 0 Å². The Hall–Kier alpha value is -2.03. The van der Waals surface area contributed by atoms with Gasteiger partial charge in [-0.2, -0.15) is 0 Å². The van der Waals surface area contributed by atoms with Crippen LogP contribution in [0.2, 0.25) is 0 Å². The van der Waals surface area contributed by atoms with Crippen LogP contribution in [0.4, 0.5) is 0 Å².